The average molecular weight is 513 g/mol. The second-order valence-corrected chi connectivity index (χ2v) is 7.92. The second kappa shape index (κ2) is 8.74. The fourth-order valence-electron chi connectivity index (χ4n) is 2.39. The molecule has 6 nitrogen and oxygen atoms in total. The molecule has 1 aliphatic rings. The summed E-state index contributed by atoms with van der Waals surface area (Å²) in [6, 6.07) is 11.3. The number of carbonyl (C=O) groups excluding carboxylic acids is 2. The number of imide groups is 1. The third-order valence-electron chi connectivity index (χ3n) is 3.73. The predicted molar refractivity (Wildman–Crippen MR) is 110 cm³/mol. The minimum Gasteiger partial charge on any atom is -0.488 e. The van der Waals surface area contributed by atoms with Gasteiger partial charge in [-0.05, 0) is 75.8 Å². The highest BCUT2D eigenvalue weighted by Crippen LogP contribution is 2.33. The van der Waals surface area contributed by atoms with Gasteiger partial charge in [-0.25, -0.2) is 4.39 Å². The lowest BCUT2D eigenvalue weighted by molar-refractivity contribution is -0.140. The quantitative estimate of drug-likeness (QED) is 0.462. The SMILES string of the molecule is O=C(O)CN1C(=O)S/C(=C/c2ccc(OCc3ccc(F)cc3)c(I)c2)C1=O. The van der Waals surface area contributed by atoms with E-state index in [9.17, 15) is 18.8 Å². The third kappa shape index (κ3) is 4.90. The monoisotopic (exact) mass is 513 g/mol. The van der Waals surface area contributed by atoms with Gasteiger partial charge in [0.1, 0.15) is 24.7 Å². The molecule has 0 atom stereocenters. The summed E-state index contributed by atoms with van der Waals surface area (Å²) in [5.74, 6) is -1.55. The van der Waals surface area contributed by atoms with Crippen molar-refractivity contribution in [1.82, 2.24) is 4.90 Å². The highest BCUT2D eigenvalue weighted by molar-refractivity contribution is 14.1. The van der Waals surface area contributed by atoms with Crippen molar-refractivity contribution in [3.63, 3.8) is 0 Å². The molecule has 0 spiro atoms. The van der Waals surface area contributed by atoms with Crippen molar-refractivity contribution >= 4 is 57.5 Å². The smallest absolute Gasteiger partial charge is 0.323 e. The van der Waals surface area contributed by atoms with Crippen LogP contribution in [0.15, 0.2) is 47.4 Å². The molecule has 0 saturated carbocycles. The van der Waals surface area contributed by atoms with E-state index in [1.807, 2.05) is 0 Å². The lowest BCUT2D eigenvalue weighted by Gasteiger charge is -2.09. The van der Waals surface area contributed by atoms with Crippen molar-refractivity contribution in [1.29, 1.82) is 0 Å². The zero-order valence-corrected chi connectivity index (χ0v) is 17.2. The fourth-order valence-corrected chi connectivity index (χ4v) is 3.92. The highest BCUT2D eigenvalue weighted by Gasteiger charge is 2.36. The fraction of sp³-hybridized carbons (Fsp3) is 0.105. The lowest BCUT2D eigenvalue weighted by atomic mass is 10.2. The van der Waals surface area contributed by atoms with Crippen molar-refractivity contribution in [2.24, 2.45) is 0 Å². The Morgan fingerprint density at radius 2 is 1.93 bits per heavy atom. The van der Waals surface area contributed by atoms with E-state index in [4.69, 9.17) is 9.84 Å². The Hall–Kier alpha value is -2.40. The van der Waals surface area contributed by atoms with Gasteiger partial charge in [0.15, 0.2) is 0 Å². The number of carboxylic acid groups (broad SMARTS) is 1. The number of benzene rings is 2. The zero-order chi connectivity index (χ0) is 20.3. The molecule has 1 aliphatic heterocycles. The van der Waals surface area contributed by atoms with Crippen LogP contribution in [0.3, 0.4) is 0 Å². The number of aliphatic carboxylic acids is 1. The van der Waals surface area contributed by atoms with Gasteiger partial charge in [0.05, 0.1) is 8.48 Å². The number of halogens is 2. The summed E-state index contributed by atoms with van der Waals surface area (Å²) in [7, 11) is 0. The van der Waals surface area contributed by atoms with E-state index in [0.29, 0.717) is 28.0 Å². The molecule has 0 aliphatic carbocycles. The molecule has 2 aromatic carbocycles. The van der Waals surface area contributed by atoms with Crippen LogP contribution in [0.1, 0.15) is 11.1 Å². The normalized spacial score (nSPS) is 15.4. The minimum absolute atomic E-state index is 0.169. The maximum Gasteiger partial charge on any atom is 0.323 e. The van der Waals surface area contributed by atoms with E-state index < -0.39 is 23.7 Å². The summed E-state index contributed by atoms with van der Waals surface area (Å²) in [5.41, 5.74) is 1.51. The van der Waals surface area contributed by atoms with Crippen LogP contribution in [0, 0.1) is 9.39 Å². The van der Waals surface area contributed by atoms with E-state index >= 15 is 0 Å². The standard InChI is InChI=1S/C19H13FINO5S/c20-13-4-1-11(2-5-13)10-27-15-6-3-12(7-14(15)21)8-16-18(25)22(9-17(23)24)19(26)28-16/h1-8H,9-10H2,(H,23,24)/b16-8+. The minimum atomic E-state index is -1.25. The van der Waals surface area contributed by atoms with Crippen molar-refractivity contribution < 1.29 is 28.6 Å². The van der Waals surface area contributed by atoms with E-state index in [0.717, 1.165) is 9.13 Å². The Balaban J connectivity index is 1.71. The molecule has 0 bridgehead atoms. The maximum atomic E-state index is 12.9. The van der Waals surface area contributed by atoms with E-state index in [2.05, 4.69) is 22.6 Å². The summed E-state index contributed by atoms with van der Waals surface area (Å²) in [6.45, 7) is -0.376. The van der Waals surface area contributed by atoms with Crippen molar-refractivity contribution in [3.8, 4) is 5.75 Å². The number of ether oxygens (including phenoxy) is 1. The molecule has 0 aromatic heterocycles. The number of hydrogen-bond acceptors (Lipinski definition) is 5. The number of hydrogen-bond donors (Lipinski definition) is 1. The first-order chi connectivity index (χ1) is 13.3. The Morgan fingerprint density at radius 3 is 2.57 bits per heavy atom. The number of carbonyl (C=O) groups is 3. The Labute approximate surface area is 177 Å². The van der Waals surface area contributed by atoms with E-state index in [1.54, 1.807) is 36.4 Å². The molecule has 9 heteroatoms. The summed E-state index contributed by atoms with van der Waals surface area (Å²) >= 11 is 2.80. The molecule has 0 unspecified atom stereocenters. The molecule has 2 aromatic rings. The number of nitrogens with zero attached hydrogens (tertiary/aromatic N) is 1. The van der Waals surface area contributed by atoms with Gasteiger partial charge in [-0.1, -0.05) is 18.2 Å². The van der Waals surface area contributed by atoms with Crippen molar-refractivity contribution in [2.75, 3.05) is 6.54 Å². The largest absolute Gasteiger partial charge is 0.488 e. The average Bonchev–Trinajstić information content (AvgIpc) is 2.89. The Morgan fingerprint density at radius 1 is 1.21 bits per heavy atom. The molecule has 28 heavy (non-hydrogen) atoms. The molecule has 2 amide bonds. The number of amides is 2. The van der Waals surface area contributed by atoms with E-state index in [-0.39, 0.29) is 17.3 Å². The molecular formula is C19H13FINO5S. The molecule has 144 valence electrons. The van der Waals surface area contributed by atoms with Crippen LogP contribution >= 0.6 is 34.4 Å². The van der Waals surface area contributed by atoms with Gasteiger partial charge < -0.3 is 9.84 Å². The van der Waals surface area contributed by atoms with Crippen LogP contribution < -0.4 is 4.74 Å². The van der Waals surface area contributed by atoms with Gasteiger partial charge in [-0.15, -0.1) is 0 Å². The first-order valence-electron chi connectivity index (χ1n) is 7.97. The summed E-state index contributed by atoms with van der Waals surface area (Å²) in [6.07, 6.45) is 1.54. The lowest BCUT2D eigenvalue weighted by Crippen LogP contribution is -2.33. The first-order valence-corrected chi connectivity index (χ1v) is 9.87. The van der Waals surface area contributed by atoms with Crippen LogP contribution in [0.25, 0.3) is 6.08 Å². The maximum absolute atomic E-state index is 12.9. The molecule has 3 rings (SSSR count). The van der Waals surface area contributed by atoms with Gasteiger partial charge in [-0.3, -0.25) is 19.3 Å². The Bertz CT molecular complexity index is 977. The van der Waals surface area contributed by atoms with Gasteiger partial charge in [0, 0.05) is 0 Å². The van der Waals surface area contributed by atoms with E-state index in [1.165, 1.54) is 12.1 Å². The van der Waals surface area contributed by atoms with Crippen LogP contribution in [0.5, 0.6) is 5.75 Å². The van der Waals surface area contributed by atoms with Crippen molar-refractivity contribution in [3.05, 3.63) is 67.9 Å². The summed E-state index contributed by atoms with van der Waals surface area (Å²) in [5, 5.41) is 8.19. The number of carboxylic acids is 1. The summed E-state index contributed by atoms with van der Waals surface area (Å²) < 4.78 is 19.5. The first kappa shape index (κ1) is 20.3. The molecule has 1 fully saturated rings. The molecule has 1 N–H and O–H groups in total. The predicted octanol–water partition coefficient (Wildman–Crippen LogP) is 4.13. The van der Waals surface area contributed by atoms with Crippen LogP contribution in [0.4, 0.5) is 9.18 Å². The topological polar surface area (TPSA) is 83.9 Å². The van der Waals surface area contributed by atoms with Gasteiger partial charge >= 0.3 is 5.97 Å². The second-order valence-electron chi connectivity index (χ2n) is 5.77. The Kier molecular flexibility index (Phi) is 6.35. The third-order valence-corrected chi connectivity index (χ3v) is 5.48. The highest BCUT2D eigenvalue weighted by atomic mass is 127. The van der Waals surface area contributed by atoms with Crippen LogP contribution in [0.2, 0.25) is 0 Å². The zero-order valence-electron chi connectivity index (χ0n) is 14.2. The molecule has 1 saturated heterocycles. The van der Waals surface area contributed by atoms with Crippen LogP contribution in [-0.2, 0) is 16.2 Å². The van der Waals surface area contributed by atoms with Crippen LogP contribution in [-0.4, -0.2) is 33.7 Å². The molecular weight excluding hydrogens is 500 g/mol. The molecule has 1 heterocycles. The molecule has 0 radical (unpaired) electrons. The number of rotatable bonds is 6. The summed E-state index contributed by atoms with van der Waals surface area (Å²) in [4.78, 5) is 35.6. The van der Waals surface area contributed by atoms with Gasteiger partial charge in [0.25, 0.3) is 11.1 Å². The van der Waals surface area contributed by atoms with Gasteiger partial charge in [-0.2, -0.15) is 0 Å². The van der Waals surface area contributed by atoms with Crippen molar-refractivity contribution in [2.45, 2.75) is 6.61 Å². The number of thioether (sulfide) groups is 1. The van der Waals surface area contributed by atoms with Gasteiger partial charge in [0.2, 0.25) is 0 Å².